The lowest BCUT2D eigenvalue weighted by molar-refractivity contribution is -0.141. The Labute approximate surface area is 194 Å². The number of nitrogens with zero attached hydrogens (tertiary/aromatic N) is 1. The van der Waals surface area contributed by atoms with E-state index in [1.165, 1.54) is 6.92 Å². The van der Waals surface area contributed by atoms with Crippen molar-refractivity contribution < 1.29 is 33.8 Å². The lowest BCUT2D eigenvalue weighted by atomic mass is 10.0. The van der Waals surface area contributed by atoms with Crippen LogP contribution in [0.5, 0.6) is 0 Å². The standard InChI is InChI=1S/C21H37N5O7/c1-8-16(28)26(10-9-15(22)27)25-18(29)14(11-12(2)3)23-19(30)17(24-20(31)32)13(4)33-21(5,6)7/h8,12-14,17,24H,1,9-11H2,2-7H3,(H2,22,27)(H,23,30)(H,25,29)(H,31,32)/t13-,14+,17+/m1/s1. The third kappa shape index (κ3) is 12.5. The number of hydrazine groups is 1. The zero-order valence-corrected chi connectivity index (χ0v) is 20.1. The average molecular weight is 472 g/mol. The summed E-state index contributed by atoms with van der Waals surface area (Å²) in [6.45, 7) is 13.6. The molecule has 0 spiro atoms. The summed E-state index contributed by atoms with van der Waals surface area (Å²) < 4.78 is 5.71. The fourth-order valence-electron chi connectivity index (χ4n) is 2.88. The van der Waals surface area contributed by atoms with Crippen LogP contribution in [0.2, 0.25) is 0 Å². The first-order valence-electron chi connectivity index (χ1n) is 10.6. The van der Waals surface area contributed by atoms with E-state index in [-0.39, 0.29) is 25.3 Å². The second-order valence-corrected chi connectivity index (χ2v) is 8.94. The van der Waals surface area contributed by atoms with Crippen LogP contribution in [0.15, 0.2) is 12.7 Å². The molecule has 0 fully saturated rings. The van der Waals surface area contributed by atoms with Crippen LogP contribution in [0.1, 0.15) is 54.4 Å². The molecule has 5 amide bonds. The molecule has 0 radical (unpaired) electrons. The summed E-state index contributed by atoms with van der Waals surface area (Å²) in [5.74, 6) is -2.88. The highest BCUT2D eigenvalue weighted by atomic mass is 16.5. The zero-order valence-electron chi connectivity index (χ0n) is 20.1. The maximum Gasteiger partial charge on any atom is 0.405 e. The van der Waals surface area contributed by atoms with E-state index in [2.05, 4.69) is 22.6 Å². The van der Waals surface area contributed by atoms with Gasteiger partial charge < -0.3 is 26.2 Å². The number of carbonyl (C=O) groups excluding carboxylic acids is 4. The van der Waals surface area contributed by atoms with E-state index in [0.29, 0.717) is 0 Å². The number of amides is 5. The van der Waals surface area contributed by atoms with E-state index in [0.717, 1.165) is 11.1 Å². The Morgan fingerprint density at radius 1 is 1.09 bits per heavy atom. The molecule has 0 aromatic heterocycles. The summed E-state index contributed by atoms with van der Waals surface area (Å²) in [7, 11) is 0. The SMILES string of the molecule is C=CC(=O)N(CCC(N)=O)NC(=O)[C@H](CC(C)C)NC(=O)[C@@H](NC(=O)O)[C@@H](C)OC(C)(C)C. The van der Waals surface area contributed by atoms with Crippen LogP contribution in [-0.2, 0) is 23.9 Å². The van der Waals surface area contributed by atoms with Gasteiger partial charge in [-0.2, -0.15) is 0 Å². The number of nitrogens with two attached hydrogens (primary N) is 1. The predicted molar refractivity (Wildman–Crippen MR) is 120 cm³/mol. The minimum Gasteiger partial charge on any atom is -0.465 e. The molecule has 0 aliphatic heterocycles. The van der Waals surface area contributed by atoms with Crippen molar-refractivity contribution >= 4 is 29.7 Å². The molecule has 0 rings (SSSR count). The molecule has 188 valence electrons. The smallest absolute Gasteiger partial charge is 0.405 e. The Bertz CT molecular complexity index is 733. The molecule has 0 saturated carbocycles. The summed E-state index contributed by atoms with van der Waals surface area (Å²) in [6, 6.07) is -2.41. The summed E-state index contributed by atoms with van der Waals surface area (Å²) in [6.07, 6.45) is -1.34. The quantitative estimate of drug-likeness (QED) is 0.200. The average Bonchev–Trinajstić information content (AvgIpc) is 2.65. The van der Waals surface area contributed by atoms with Gasteiger partial charge in [-0.1, -0.05) is 20.4 Å². The van der Waals surface area contributed by atoms with Crippen LogP contribution in [0, 0.1) is 5.92 Å². The molecule has 0 aromatic carbocycles. The highest BCUT2D eigenvalue weighted by Crippen LogP contribution is 2.14. The fraction of sp³-hybridized carbons (Fsp3) is 0.667. The van der Waals surface area contributed by atoms with Crippen molar-refractivity contribution in [3.63, 3.8) is 0 Å². The van der Waals surface area contributed by atoms with E-state index in [4.69, 9.17) is 15.6 Å². The number of primary amides is 1. The van der Waals surface area contributed by atoms with E-state index in [1.54, 1.807) is 20.8 Å². The molecule has 33 heavy (non-hydrogen) atoms. The largest absolute Gasteiger partial charge is 0.465 e. The van der Waals surface area contributed by atoms with Crippen LogP contribution < -0.4 is 21.8 Å². The zero-order chi connectivity index (χ0) is 25.9. The molecule has 12 nitrogen and oxygen atoms in total. The van der Waals surface area contributed by atoms with Gasteiger partial charge in [0.05, 0.1) is 18.2 Å². The molecular weight excluding hydrogens is 434 g/mol. The number of rotatable bonds is 12. The first kappa shape index (κ1) is 29.9. The summed E-state index contributed by atoms with van der Waals surface area (Å²) in [4.78, 5) is 60.2. The molecule has 0 unspecified atom stereocenters. The van der Waals surface area contributed by atoms with Crippen molar-refractivity contribution in [3.8, 4) is 0 Å². The molecule has 0 aliphatic rings. The maximum atomic E-state index is 12.9. The van der Waals surface area contributed by atoms with Crippen molar-refractivity contribution in [2.75, 3.05) is 6.54 Å². The third-order valence-corrected chi connectivity index (χ3v) is 4.18. The van der Waals surface area contributed by atoms with Gasteiger partial charge in [0, 0.05) is 6.42 Å². The Morgan fingerprint density at radius 2 is 1.67 bits per heavy atom. The Morgan fingerprint density at radius 3 is 2.09 bits per heavy atom. The molecule has 0 saturated heterocycles. The normalized spacial score (nSPS) is 13.9. The molecule has 3 atom stereocenters. The van der Waals surface area contributed by atoms with Gasteiger partial charge in [0.1, 0.15) is 12.1 Å². The van der Waals surface area contributed by atoms with Crippen molar-refractivity contribution in [1.29, 1.82) is 0 Å². The summed E-state index contributed by atoms with van der Waals surface area (Å²) in [5.41, 5.74) is 6.82. The highest BCUT2D eigenvalue weighted by Gasteiger charge is 2.34. The molecular formula is C21H37N5O7. The molecule has 0 heterocycles. The van der Waals surface area contributed by atoms with Crippen molar-refractivity contribution in [2.24, 2.45) is 11.7 Å². The minimum atomic E-state index is -1.43. The van der Waals surface area contributed by atoms with Crippen LogP contribution in [0.3, 0.4) is 0 Å². The van der Waals surface area contributed by atoms with Gasteiger partial charge in [0.2, 0.25) is 11.8 Å². The Hall–Kier alpha value is -3.15. The van der Waals surface area contributed by atoms with Crippen molar-refractivity contribution in [3.05, 3.63) is 12.7 Å². The monoisotopic (exact) mass is 471 g/mol. The first-order chi connectivity index (χ1) is 15.1. The molecule has 0 bridgehead atoms. The lowest BCUT2D eigenvalue weighted by Crippen LogP contribution is -2.60. The number of carboxylic acid groups (broad SMARTS) is 1. The number of ether oxygens (including phenoxy) is 1. The number of hydrogen-bond acceptors (Lipinski definition) is 6. The minimum absolute atomic E-state index is 0.0376. The molecule has 12 heteroatoms. The van der Waals surface area contributed by atoms with Crippen LogP contribution in [-0.4, -0.2) is 70.2 Å². The van der Waals surface area contributed by atoms with Gasteiger partial charge in [-0.05, 0) is 46.1 Å². The van der Waals surface area contributed by atoms with Gasteiger partial charge in [-0.25, -0.2) is 9.80 Å². The topological polar surface area (TPSA) is 180 Å². The fourth-order valence-corrected chi connectivity index (χ4v) is 2.88. The number of carbonyl (C=O) groups is 5. The van der Waals surface area contributed by atoms with Crippen LogP contribution >= 0.6 is 0 Å². The van der Waals surface area contributed by atoms with Gasteiger partial charge in [0.15, 0.2) is 0 Å². The van der Waals surface area contributed by atoms with E-state index in [9.17, 15) is 24.0 Å². The second-order valence-electron chi connectivity index (χ2n) is 8.94. The molecule has 0 aromatic rings. The van der Waals surface area contributed by atoms with E-state index >= 15 is 0 Å². The summed E-state index contributed by atoms with van der Waals surface area (Å²) in [5, 5.41) is 14.7. The van der Waals surface area contributed by atoms with Crippen molar-refractivity contribution in [1.82, 2.24) is 21.1 Å². The Kier molecular flexibility index (Phi) is 12.1. The van der Waals surface area contributed by atoms with Crippen molar-refractivity contribution in [2.45, 2.75) is 78.2 Å². The first-order valence-corrected chi connectivity index (χ1v) is 10.6. The molecule has 6 N–H and O–H groups in total. The highest BCUT2D eigenvalue weighted by molar-refractivity contribution is 5.93. The van der Waals surface area contributed by atoms with Crippen LogP contribution in [0.4, 0.5) is 4.79 Å². The van der Waals surface area contributed by atoms with E-state index in [1.807, 2.05) is 13.8 Å². The maximum absolute atomic E-state index is 12.9. The molecule has 0 aliphatic carbocycles. The number of hydrogen-bond donors (Lipinski definition) is 5. The Balaban J connectivity index is 5.65. The number of nitrogens with one attached hydrogen (secondary N) is 3. The lowest BCUT2D eigenvalue weighted by Gasteiger charge is -2.31. The van der Waals surface area contributed by atoms with Gasteiger partial charge >= 0.3 is 6.09 Å². The predicted octanol–water partition coefficient (Wildman–Crippen LogP) is 0.278. The summed E-state index contributed by atoms with van der Waals surface area (Å²) >= 11 is 0. The van der Waals surface area contributed by atoms with Crippen LogP contribution in [0.25, 0.3) is 0 Å². The van der Waals surface area contributed by atoms with E-state index < -0.39 is 53.5 Å². The van der Waals surface area contributed by atoms with Gasteiger partial charge in [-0.15, -0.1) is 0 Å². The second kappa shape index (κ2) is 13.4. The third-order valence-electron chi connectivity index (χ3n) is 4.18. The van der Waals surface area contributed by atoms with Gasteiger partial charge in [0.25, 0.3) is 11.8 Å². The van der Waals surface area contributed by atoms with Gasteiger partial charge in [-0.3, -0.25) is 24.6 Å².